The van der Waals surface area contributed by atoms with Gasteiger partial charge in [-0.2, -0.15) is 0 Å². The summed E-state index contributed by atoms with van der Waals surface area (Å²) < 4.78 is 14.7. The van der Waals surface area contributed by atoms with Crippen LogP contribution in [0.15, 0.2) is 67.0 Å². The number of aryl methyl sites for hydroxylation is 1. The number of nitrogens with zero attached hydrogens (tertiary/aromatic N) is 3. The van der Waals surface area contributed by atoms with E-state index in [2.05, 4.69) is 9.97 Å². The third kappa shape index (κ3) is 4.16. The lowest BCUT2D eigenvalue weighted by atomic mass is 10.0. The van der Waals surface area contributed by atoms with E-state index in [1.165, 1.54) is 12.3 Å². The lowest BCUT2D eigenvalue weighted by molar-refractivity contribution is -0.136. The molecule has 0 amide bonds. The van der Waals surface area contributed by atoms with Crippen LogP contribution in [0, 0.1) is 12.7 Å². The van der Waals surface area contributed by atoms with Gasteiger partial charge < -0.3 is 15.7 Å². The number of carbonyl (C=O) groups is 1. The number of para-hydroxylation sites is 1. The van der Waals surface area contributed by atoms with Crippen LogP contribution in [0.4, 0.5) is 21.5 Å². The highest BCUT2D eigenvalue weighted by molar-refractivity contribution is 5.97. The van der Waals surface area contributed by atoms with Crippen molar-refractivity contribution >= 4 is 33.9 Å². The number of carboxylic acid groups (broad SMARTS) is 1. The first kappa shape index (κ1) is 20.3. The molecule has 0 unspecified atom stereocenters. The minimum Gasteiger partial charge on any atom is -0.481 e. The molecule has 0 aliphatic rings. The molecule has 156 valence electrons. The molecule has 0 atom stereocenters. The number of benzene rings is 2. The van der Waals surface area contributed by atoms with Gasteiger partial charge in [0.05, 0.1) is 40.9 Å². The standard InChI is InChI=1S/C24H21FN4O2/c1-15-6-7-18(25)17(12-15)21-13-23(16-4-2-3-5-20(16)28-21)29(11-9-24(30)31)22-8-10-27-14-19(22)26/h2-8,10,12-14H,9,11,26H2,1H3,(H,30,31). The summed E-state index contributed by atoms with van der Waals surface area (Å²) in [6.45, 7) is 2.06. The Balaban J connectivity index is 1.97. The van der Waals surface area contributed by atoms with Crippen molar-refractivity contribution in [1.82, 2.24) is 9.97 Å². The zero-order chi connectivity index (χ0) is 22.0. The minimum atomic E-state index is -0.930. The second-order valence-corrected chi connectivity index (χ2v) is 7.26. The van der Waals surface area contributed by atoms with Crippen molar-refractivity contribution in [1.29, 1.82) is 0 Å². The van der Waals surface area contributed by atoms with Gasteiger partial charge in [0, 0.05) is 23.7 Å². The van der Waals surface area contributed by atoms with Crippen LogP contribution in [-0.2, 0) is 4.79 Å². The monoisotopic (exact) mass is 416 g/mol. The molecule has 0 saturated carbocycles. The van der Waals surface area contributed by atoms with Crippen molar-refractivity contribution in [3.8, 4) is 11.3 Å². The summed E-state index contributed by atoms with van der Waals surface area (Å²) in [6, 6.07) is 15.9. The number of halogens is 1. The lowest BCUT2D eigenvalue weighted by Crippen LogP contribution is -2.22. The number of nitrogen functional groups attached to an aromatic ring is 1. The molecular formula is C24H21FN4O2. The van der Waals surface area contributed by atoms with E-state index in [0.29, 0.717) is 33.8 Å². The zero-order valence-corrected chi connectivity index (χ0v) is 16.9. The van der Waals surface area contributed by atoms with Crippen molar-refractivity contribution in [2.75, 3.05) is 17.2 Å². The summed E-state index contributed by atoms with van der Waals surface area (Å²) in [5.74, 6) is -1.30. The highest BCUT2D eigenvalue weighted by atomic mass is 19.1. The molecule has 0 aliphatic heterocycles. The van der Waals surface area contributed by atoms with Gasteiger partial charge in [0.25, 0.3) is 0 Å². The first-order chi connectivity index (χ1) is 14.9. The second kappa shape index (κ2) is 8.39. The fraction of sp³-hybridized carbons (Fsp3) is 0.125. The molecule has 3 N–H and O–H groups in total. The number of hydrogen-bond acceptors (Lipinski definition) is 5. The Labute approximate surface area is 178 Å². The third-order valence-corrected chi connectivity index (χ3v) is 5.05. The first-order valence-corrected chi connectivity index (χ1v) is 9.79. The van der Waals surface area contributed by atoms with Gasteiger partial charge in [0.1, 0.15) is 5.82 Å². The van der Waals surface area contributed by atoms with E-state index in [1.807, 2.05) is 36.1 Å². The van der Waals surface area contributed by atoms with E-state index < -0.39 is 5.97 Å². The smallest absolute Gasteiger partial charge is 0.305 e. The SMILES string of the molecule is Cc1ccc(F)c(-c2cc(N(CCC(=O)O)c3ccncc3N)c3ccccc3n2)c1. The van der Waals surface area contributed by atoms with Crippen LogP contribution in [0.2, 0.25) is 0 Å². The van der Waals surface area contributed by atoms with Crippen LogP contribution in [0.1, 0.15) is 12.0 Å². The maximum absolute atomic E-state index is 14.7. The number of nitrogens with two attached hydrogens (primary N) is 1. The van der Waals surface area contributed by atoms with E-state index in [-0.39, 0.29) is 18.8 Å². The minimum absolute atomic E-state index is 0.105. The van der Waals surface area contributed by atoms with E-state index >= 15 is 0 Å². The Morgan fingerprint density at radius 2 is 1.94 bits per heavy atom. The first-order valence-electron chi connectivity index (χ1n) is 9.79. The highest BCUT2D eigenvalue weighted by Gasteiger charge is 2.19. The lowest BCUT2D eigenvalue weighted by Gasteiger charge is -2.27. The fourth-order valence-corrected chi connectivity index (χ4v) is 3.58. The number of rotatable bonds is 6. The molecule has 0 saturated heterocycles. The average Bonchev–Trinajstić information content (AvgIpc) is 2.76. The number of hydrogen-bond donors (Lipinski definition) is 2. The summed E-state index contributed by atoms with van der Waals surface area (Å²) >= 11 is 0. The van der Waals surface area contributed by atoms with E-state index in [9.17, 15) is 14.3 Å². The summed E-state index contributed by atoms with van der Waals surface area (Å²) in [5.41, 5.74) is 10.3. The molecule has 0 radical (unpaired) electrons. The third-order valence-electron chi connectivity index (χ3n) is 5.05. The van der Waals surface area contributed by atoms with E-state index in [4.69, 9.17) is 5.73 Å². The number of carboxylic acids is 1. The van der Waals surface area contributed by atoms with Gasteiger partial charge in [0.2, 0.25) is 0 Å². The van der Waals surface area contributed by atoms with Crippen molar-refractivity contribution in [3.63, 3.8) is 0 Å². The average molecular weight is 416 g/mol. The zero-order valence-electron chi connectivity index (χ0n) is 16.9. The predicted octanol–water partition coefficient (Wildman–Crippen LogP) is 4.94. The van der Waals surface area contributed by atoms with Crippen LogP contribution < -0.4 is 10.6 Å². The number of anilines is 3. The van der Waals surface area contributed by atoms with Crippen LogP contribution in [0.3, 0.4) is 0 Å². The van der Waals surface area contributed by atoms with Gasteiger partial charge in [-0.05, 0) is 37.3 Å². The van der Waals surface area contributed by atoms with Gasteiger partial charge in [-0.15, -0.1) is 0 Å². The molecule has 0 fully saturated rings. The van der Waals surface area contributed by atoms with Gasteiger partial charge >= 0.3 is 5.97 Å². The maximum atomic E-state index is 14.7. The molecule has 2 aromatic heterocycles. The Morgan fingerprint density at radius 1 is 1.13 bits per heavy atom. The molecule has 4 aromatic rings. The summed E-state index contributed by atoms with van der Waals surface area (Å²) in [6.07, 6.45) is 3.02. The van der Waals surface area contributed by atoms with Crippen LogP contribution >= 0.6 is 0 Å². The molecular weight excluding hydrogens is 395 g/mol. The summed E-state index contributed by atoms with van der Waals surface area (Å²) in [7, 11) is 0. The van der Waals surface area contributed by atoms with Crippen LogP contribution in [0.5, 0.6) is 0 Å². The summed E-state index contributed by atoms with van der Waals surface area (Å²) in [4.78, 5) is 21.9. The van der Waals surface area contributed by atoms with Crippen molar-refractivity contribution < 1.29 is 14.3 Å². The van der Waals surface area contributed by atoms with Gasteiger partial charge in [-0.3, -0.25) is 9.78 Å². The molecule has 6 nitrogen and oxygen atoms in total. The Kier molecular flexibility index (Phi) is 5.49. The molecule has 31 heavy (non-hydrogen) atoms. The summed E-state index contributed by atoms with van der Waals surface area (Å²) in [5, 5.41) is 10.1. The Bertz CT molecular complexity index is 1280. The fourth-order valence-electron chi connectivity index (χ4n) is 3.58. The molecule has 2 aromatic carbocycles. The van der Waals surface area contributed by atoms with Gasteiger partial charge in [-0.1, -0.05) is 29.8 Å². The van der Waals surface area contributed by atoms with Crippen molar-refractivity contribution in [2.45, 2.75) is 13.3 Å². The highest BCUT2D eigenvalue weighted by Crippen LogP contribution is 2.37. The van der Waals surface area contributed by atoms with Crippen molar-refractivity contribution in [2.24, 2.45) is 0 Å². The number of pyridine rings is 2. The second-order valence-electron chi connectivity index (χ2n) is 7.26. The Hall–Kier alpha value is -4.00. The van der Waals surface area contributed by atoms with Crippen molar-refractivity contribution in [3.05, 3.63) is 78.4 Å². The molecule has 0 spiro atoms. The number of aliphatic carboxylic acids is 1. The number of aromatic nitrogens is 2. The quantitative estimate of drug-likeness (QED) is 0.463. The molecule has 0 bridgehead atoms. The van der Waals surface area contributed by atoms with Crippen LogP contribution in [0.25, 0.3) is 22.2 Å². The van der Waals surface area contributed by atoms with E-state index in [1.54, 1.807) is 30.5 Å². The van der Waals surface area contributed by atoms with E-state index in [0.717, 1.165) is 10.9 Å². The molecule has 2 heterocycles. The van der Waals surface area contributed by atoms with Gasteiger partial charge in [0.15, 0.2) is 0 Å². The number of fused-ring (bicyclic) bond motifs is 1. The normalized spacial score (nSPS) is 10.9. The Morgan fingerprint density at radius 3 is 2.71 bits per heavy atom. The maximum Gasteiger partial charge on any atom is 0.305 e. The molecule has 0 aliphatic carbocycles. The predicted molar refractivity (Wildman–Crippen MR) is 120 cm³/mol. The van der Waals surface area contributed by atoms with Crippen LogP contribution in [-0.4, -0.2) is 27.6 Å². The van der Waals surface area contributed by atoms with Gasteiger partial charge in [-0.25, -0.2) is 9.37 Å². The largest absolute Gasteiger partial charge is 0.481 e. The topological polar surface area (TPSA) is 92.3 Å². The molecule has 7 heteroatoms. The molecule has 4 rings (SSSR count).